The predicted molar refractivity (Wildman–Crippen MR) is 398 cm³/mol. The van der Waals surface area contributed by atoms with Crippen molar-refractivity contribution in [2.24, 2.45) is 0 Å². The molecule has 0 N–H and O–H groups in total. The number of esters is 2. The van der Waals surface area contributed by atoms with Gasteiger partial charge in [-0.3, -0.25) is 9.59 Å². The zero-order valence-corrected chi connectivity index (χ0v) is 61.1. The van der Waals surface area contributed by atoms with Gasteiger partial charge in [-0.1, -0.05) is 341 Å². The fourth-order valence-corrected chi connectivity index (χ4v) is 10.9. The summed E-state index contributed by atoms with van der Waals surface area (Å²) in [5, 5.41) is 11.8. The van der Waals surface area contributed by atoms with Crippen molar-refractivity contribution in [1.82, 2.24) is 0 Å². The average molecular weight is 1300 g/mol. The summed E-state index contributed by atoms with van der Waals surface area (Å²) in [6.07, 6.45) is 102. The Morgan fingerprint density at radius 1 is 0.323 bits per heavy atom. The lowest BCUT2D eigenvalue weighted by Gasteiger charge is -2.26. The zero-order chi connectivity index (χ0) is 67.5. The summed E-state index contributed by atoms with van der Waals surface area (Å²) in [7, 11) is 5.93. The first kappa shape index (κ1) is 88.7. The molecule has 0 bridgehead atoms. The molecule has 0 heterocycles. The molecule has 0 aromatic heterocycles. The van der Waals surface area contributed by atoms with Gasteiger partial charge < -0.3 is 33.3 Å². The molecule has 9 nitrogen and oxygen atoms in total. The number of rotatable bonds is 71. The molecule has 0 spiro atoms. The van der Waals surface area contributed by atoms with Crippen molar-refractivity contribution in [1.29, 1.82) is 0 Å². The molecule has 0 radical (unpaired) electrons. The molecular formula is C84H145NO8. The smallest absolute Gasteiger partial charge is 0.306 e. The number of likely N-dealkylation sites (N-methyl/N-ethyl adjacent to an activating group) is 1. The molecule has 0 saturated heterocycles. The maximum Gasteiger partial charge on any atom is 0.306 e. The van der Waals surface area contributed by atoms with Crippen LogP contribution in [0.5, 0.6) is 0 Å². The second kappa shape index (κ2) is 73.5. The third kappa shape index (κ3) is 74.9. The molecule has 0 saturated carbocycles. The monoisotopic (exact) mass is 1300 g/mol. The van der Waals surface area contributed by atoms with Crippen molar-refractivity contribution in [3.63, 3.8) is 0 Å². The second-order valence-electron chi connectivity index (χ2n) is 26.9. The van der Waals surface area contributed by atoms with Crippen LogP contribution in [0.4, 0.5) is 0 Å². The first-order chi connectivity index (χ1) is 45.6. The maximum atomic E-state index is 12.9. The van der Waals surface area contributed by atoms with Crippen molar-refractivity contribution in [3.05, 3.63) is 122 Å². The number of allylic oxidation sites excluding steroid dienone is 20. The van der Waals surface area contributed by atoms with Crippen LogP contribution in [-0.2, 0) is 33.3 Å². The van der Waals surface area contributed by atoms with Crippen LogP contribution >= 0.6 is 0 Å². The number of carbonyl (C=O) groups is 3. The molecule has 0 aromatic carbocycles. The number of ether oxygens (including phenoxy) is 4. The van der Waals surface area contributed by atoms with Crippen LogP contribution in [0.25, 0.3) is 0 Å². The highest BCUT2D eigenvalue weighted by Gasteiger charge is 2.22. The van der Waals surface area contributed by atoms with Gasteiger partial charge in [-0.05, 0) is 103 Å². The van der Waals surface area contributed by atoms with Gasteiger partial charge in [0, 0.05) is 12.8 Å². The normalized spacial score (nSPS) is 13.3. The summed E-state index contributed by atoms with van der Waals surface area (Å²) < 4.78 is 22.8. The van der Waals surface area contributed by atoms with Gasteiger partial charge in [0.15, 0.2) is 12.4 Å². The lowest BCUT2D eigenvalue weighted by molar-refractivity contribution is -0.870. The molecule has 0 aliphatic carbocycles. The molecule has 93 heavy (non-hydrogen) atoms. The fraction of sp³-hybridized carbons (Fsp3) is 0.726. The Kier molecular flexibility index (Phi) is 70.1. The fourth-order valence-electron chi connectivity index (χ4n) is 10.9. The van der Waals surface area contributed by atoms with Gasteiger partial charge in [0.1, 0.15) is 13.2 Å². The molecule has 0 rings (SSSR count). The van der Waals surface area contributed by atoms with Gasteiger partial charge in [-0.2, -0.15) is 0 Å². The summed E-state index contributed by atoms with van der Waals surface area (Å²) >= 11 is 0. The summed E-state index contributed by atoms with van der Waals surface area (Å²) in [6.45, 7) is 4.54. The predicted octanol–water partition coefficient (Wildman–Crippen LogP) is 23.4. The molecule has 0 aliphatic rings. The molecule has 0 aromatic rings. The Balaban J connectivity index is 3.99. The largest absolute Gasteiger partial charge is 0.545 e. The van der Waals surface area contributed by atoms with E-state index in [-0.39, 0.29) is 38.6 Å². The van der Waals surface area contributed by atoms with E-state index in [9.17, 15) is 19.5 Å². The lowest BCUT2D eigenvalue weighted by atomic mass is 10.0. The van der Waals surface area contributed by atoms with Gasteiger partial charge >= 0.3 is 11.9 Å². The number of hydrogen-bond acceptors (Lipinski definition) is 8. The van der Waals surface area contributed by atoms with Crippen molar-refractivity contribution >= 4 is 17.9 Å². The minimum atomic E-state index is -1.63. The highest BCUT2D eigenvalue weighted by atomic mass is 16.7. The standard InChI is InChI=1S/C84H145NO8/c1-6-8-10-12-14-16-18-20-22-24-26-28-30-32-34-35-36-37-38-39-40-41-42-43-44-45-46-47-49-50-52-54-56-58-60-62-64-66-68-70-72-74-81(86)91-78-80(79-92-84(83(88)89)90-77-76-85(3,4)5)93-82(87)75-73-71-69-67-65-63-61-59-57-55-53-51-48-33-31-29-27-25-23-21-19-17-15-13-11-9-7-2/h8-11,14-17,20-23,26-29,33,48,53,55,80,84H,6-7,12-13,18-19,24-25,30-32,34-47,49-52,54,56-79H2,1-5H3/b10-8-,11-9-,16-14-,17-15-,22-20-,23-21-,28-26-,29-27-,48-33-,55-53-. The van der Waals surface area contributed by atoms with Crippen molar-refractivity contribution in [2.45, 2.75) is 347 Å². The van der Waals surface area contributed by atoms with E-state index in [1.54, 1.807) is 0 Å². The number of unbranched alkanes of at least 4 members (excludes halogenated alkanes) is 36. The van der Waals surface area contributed by atoms with Crippen LogP contribution in [0.2, 0.25) is 0 Å². The molecule has 9 heteroatoms. The molecule has 0 fully saturated rings. The summed E-state index contributed by atoms with van der Waals surface area (Å²) in [5.41, 5.74) is 0. The molecular weight excluding hydrogens is 1150 g/mol. The number of carbonyl (C=O) groups excluding carboxylic acids is 3. The highest BCUT2D eigenvalue weighted by Crippen LogP contribution is 2.18. The lowest BCUT2D eigenvalue weighted by Crippen LogP contribution is -2.44. The van der Waals surface area contributed by atoms with Crippen LogP contribution in [-0.4, -0.2) is 82.3 Å². The number of nitrogens with zero attached hydrogens (tertiary/aromatic N) is 1. The zero-order valence-electron chi connectivity index (χ0n) is 61.1. The van der Waals surface area contributed by atoms with Gasteiger partial charge in [0.2, 0.25) is 0 Å². The Morgan fingerprint density at radius 2 is 0.581 bits per heavy atom. The molecule has 0 aliphatic heterocycles. The van der Waals surface area contributed by atoms with E-state index in [0.29, 0.717) is 17.4 Å². The third-order valence-corrected chi connectivity index (χ3v) is 16.7. The third-order valence-electron chi connectivity index (χ3n) is 16.7. The summed E-state index contributed by atoms with van der Waals surface area (Å²) in [6, 6.07) is 0. The molecule has 2 atom stereocenters. The minimum absolute atomic E-state index is 0.143. The van der Waals surface area contributed by atoms with Crippen LogP contribution in [0.1, 0.15) is 335 Å². The number of carboxylic acids is 1. The Bertz CT molecular complexity index is 1950. The number of aliphatic carboxylic acids is 1. The van der Waals surface area contributed by atoms with E-state index < -0.39 is 24.3 Å². The first-order valence-corrected chi connectivity index (χ1v) is 38.7. The van der Waals surface area contributed by atoms with Crippen molar-refractivity contribution in [3.8, 4) is 0 Å². The van der Waals surface area contributed by atoms with Gasteiger partial charge in [0.25, 0.3) is 0 Å². The molecule has 534 valence electrons. The number of quaternary nitrogens is 1. The quantitative estimate of drug-likeness (QED) is 0.0195. The van der Waals surface area contributed by atoms with Crippen molar-refractivity contribution in [2.75, 3.05) is 47.5 Å². The van der Waals surface area contributed by atoms with Crippen molar-refractivity contribution < 1.29 is 42.9 Å². The van der Waals surface area contributed by atoms with Crippen LogP contribution in [0.15, 0.2) is 122 Å². The summed E-state index contributed by atoms with van der Waals surface area (Å²) in [4.78, 5) is 37.6. The van der Waals surface area contributed by atoms with Gasteiger partial charge in [0.05, 0.1) is 40.3 Å². The van der Waals surface area contributed by atoms with Crippen LogP contribution < -0.4 is 5.11 Å². The number of carboxylic acid groups (broad SMARTS) is 1. The van der Waals surface area contributed by atoms with E-state index in [1.807, 2.05) is 21.1 Å². The Hall–Kier alpha value is -4.31. The van der Waals surface area contributed by atoms with E-state index in [2.05, 4.69) is 135 Å². The van der Waals surface area contributed by atoms with E-state index in [0.717, 1.165) is 109 Å². The topological polar surface area (TPSA) is 111 Å². The highest BCUT2D eigenvalue weighted by molar-refractivity contribution is 5.70. The SMILES string of the molecule is CC/C=C\C/C=C\C/C=C\C/C=C\C/C=C\C/C=C\CCCCCCCCCCC(=O)OC(COC(=O)CCCCCCCCCCCCCCCCCCCCCCCCCCCCCC/C=C\C/C=C\C/C=C\C/C=C\CC)COC(OCC[N+](C)(C)C)C(=O)[O-]. The maximum absolute atomic E-state index is 12.9. The molecule has 0 amide bonds. The Labute approximate surface area is 574 Å². The van der Waals surface area contributed by atoms with Crippen LogP contribution in [0, 0.1) is 0 Å². The minimum Gasteiger partial charge on any atom is -0.545 e. The Morgan fingerprint density at radius 3 is 0.860 bits per heavy atom. The first-order valence-electron chi connectivity index (χ1n) is 38.7. The molecule has 2 unspecified atom stereocenters. The second-order valence-corrected chi connectivity index (χ2v) is 26.9. The van der Waals surface area contributed by atoms with Gasteiger partial charge in [-0.15, -0.1) is 0 Å². The summed E-state index contributed by atoms with van der Waals surface area (Å²) in [5.74, 6) is -2.29. The van der Waals surface area contributed by atoms with Gasteiger partial charge in [-0.25, -0.2) is 0 Å². The average Bonchev–Trinajstić information content (AvgIpc) is 3.38. The van der Waals surface area contributed by atoms with E-state index in [4.69, 9.17) is 18.9 Å². The van der Waals surface area contributed by atoms with E-state index >= 15 is 0 Å². The number of hydrogen-bond donors (Lipinski definition) is 0. The van der Waals surface area contributed by atoms with E-state index in [1.165, 1.54) is 193 Å². The van der Waals surface area contributed by atoms with Crippen LogP contribution in [0.3, 0.4) is 0 Å².